The van der Waals surface area contributed by atoms with Crippen LogP contribution in [-0.4, -0.2) is 43.7 Å². The summed E-state index contributed by atoms with van der Waals surface area (Å²) in [5.74, 6) is 1.27. The molecule has 5 heteroatoms. The maximum atomic E-state index is 5.98. The van der Waals surface area contributed by atoms with Gasteiger partial charge in [-0.05, 0) is 43.4 Å². The monoisotopic (exact) mass is 332 g/mol. The van der Waals surface area contributed by atoms with Gasteiger partial charge in [0.15, 0.2) is 5.96 Å². The molecule has 5 nitrogen and oxygen atoms in total. The Balaban J connectivity index is 1.95. The van der Waals surface area contributed by atoms with Gasteiger partial charge in [-0.3, -0.25) is 4.90 Å². The van der Waals surface area contributed by atoms with Crippen molar-refractivity contribution in [2.24, 2.45) is 16.6 Å². The Morgan fingerprint density at radius 2 is 2.17 bits per heavy atom. The average molecular weight is 332 g/mol. The third-order valence-corrected chi connectivity index (χ3v) is 4.48. The lowest BCUT2D eigenvalue weighted by Gasteiger charge is -2.31. The average Bonchev–Trinajstić information content (AvgIpc) is 2.54. The number of rotatable bonds is 7. The minimum atomic E-state index is 0.156. The second-order valence-electron chi connectivity index (χ2n) is 6.95. The summed E-state index contributed by atoms with van der Waals surface area (Å²) in [5, 5.41) is 3.15. The minimum Gasteiger partial charge on any atom is -0.383 e. The molecule has 0 spiro atoms. The van der Waals surface area contributed by atoms with E-state index in [2.05, 4.69) is 46.4 Å². The van der Waals surface area contributed by atoms with Crippen LogP contribution in [0.1, 0.15) is 37.8 Å². The van der Waals surface area contributed by atoms with Crippen LogP contribution in [-0.2, 0) is 17.8 Å². The topological polar surface area (TPSA) is 62.9 Å². The van der Waals surface area contributed by atoms with Crippen molar-refractivity contribution in [1.82, 2.24) is 10.2 Å². The first-order valence-corrected chi connectivity index (χ1v) is 8.93. The highest BCUT2D eigenvalue weighted by molar-refractivity contribution is 5.78. The smallest absolute Gasteiger partial charge is 0.189 e. The highest BCUT2D eigenvalue weighted by atomic mass is 16.5. The molecule has 0 aromatic heterocycles. The van der Waals surface area contributed by atoms with Crippen LogP contribution >= 0.6 is 0 Å². The molecule has 24 heavy (non-hydrogen) atoms. The standard InChI is InChI=1S/C19H32N4O/c1-15-7-6-10-23(12-15)13-18-9-5-4-8-17(18)11-21-19(20)22-16(2)14-24-3/h4-5,8-9,15-16H,6-7,10-14H2,1-3H3,(H3,20,21,22). The third-order valence-electron chi connectivity index (χ3n) is 4.48. The lowest BCUT2D eigenvalue weighted by Crippen LogP contribution is -2.40. The predicted octanol–water partition coefficient (Wildman–Crippen LogP) is 2.36. The zero-order valence-electron chi connectivity index (χ0n) is 15.3. The van der Waals surface area contributed by atoms with Crippen molar-refractivity contribution in [3.63, 3.8) is 0 Å². The summed E-state index contributed by atoms with van der Waals surface area (Å²) in [6, 6.07) is 8.70. The number of hydrogen-bond acceptors (Lipinski definition) is 3. The first kappa shape index (κ1) is 18.7. The van der Waals surface area contributed by atoms with Gasteiger partial charge in [-0.1, -0.05) is 31.2 Å². The summed E-state index contributed by atoms with van der Waals surface area (Å²) in [5.41, 5.74) is 8.58. The van der Waals surface area contributed by atoms with Gasteiger partial charge < -0.3 is 15.8 Å². The van der Waals surface area contributed by atoms with Crippen molar-refractivity contribution in [1.29, 1.82) is 0 Å². The number of nitrogens with two attached hydrogens (primary N) is 1. The van der Waals surface area contributed by atoms with E-state index in [4.69, 9.17) is 10.5 Å². The van der Waals surface area contributed by atoms with Crippen molar-refractivity contribution in [2.75, 3.05) is 26.8 Å². The van der Waals surface area contributed by atoms with E-state index in [-0.39, 0.29) is 6.04 Å². The largest absolute Gasteiger partial charge is 0.383 e. The number of hydrogen-bond donors (Lipinski definition) is 2. The number of methoxy groups -OCH3 is 1. The summed E-state index contributed by atoms with van der Waals surface area (Å²) >= 11 is 0. The number of aliphatic imine (C=N–C) groups is 1. The van der Waals surface area contributed by atoms with Gasteiger partial charge in [-0.25, -0.2) is 4.99 Å². The van der Waals surface area contributed by atoms with Crippen molar-refractivity contribution in [2.45, 2.75) is 45.8 Å². The molecule has 1 aliphatic rings. The molecule has 1 aliphatic heterocycles. The third kappa shape index (κ3) is 6.13. The maximum Gasteiger partial charge on any atom is 0.189 e. The summed E-state index contributed by atoms with van der Waals surface area (Å²) in [7, 11) is 1.68. The van der Waals surface area contributed by atoms with Crippen LogP contribution < -0.4 is 11.1 Å². The molecule has 134 valence electrons. The second kappa shape index (κ2) is 9.64. The fourth-order valence-electron chi connectivity index (χ4n) is 3.30. The number of nitrogens with one attached hydrogen (secondary N) is 1. The Morgan fingerprint density at radius 1 is 1.42 bits per heavy atom. The van der Waals surface area contributed by atoms with Crippen molar-refractivity contribution in [3.8, 4) is 0 Å². The molecule has 1 saturated heterocycles. The van der Waals surface area contributed by atoms with E-state index in [0.29, 0.717) is 19.1 Å². The van der Waals surface area contributed by atoms with E-state index >= 15 is 0 Å². The number of guanidine groups is 1. The van der Waals surface area contributed by atoms with Crippen LogP contribution in [0.5, 0.6) is 0 Å². The molecule has 0 amide bonds. The first-order chi connectivity index (χ1) is 11.6. The van der Waals surface area contributed by atoms with Gasteiger partial charge in [0.05, 0.1) is 13.2 Å². The summed E-state index contributed by atoms with van der Waals surface area (Å²) in [6.07, 6.45) is 2.65. The number of nitrogens with zero attached hydrogens (tertiary/aromatic N) is 2. The quantitative estimate of drug-likeness (QED) is 0.594. The van der Waals surface area contributed by atoms with Crippen molar-refractivity contribution < 1.29 is 4.74 Å². The number of likely N-dealkylation sites (tertiary alicyclic amines) is 1. The molecule has 1 heterocycles. The van der Waals surface area contributed by atoms with E-state index in [1.54, 1.807) is 7.11 Å². The molecule has 1 aromatic rings. The van der Waals surface area contributed by atoms with Crippen molar-refractivity contribution >= 4 is 5.96 Å². The number of piperidine rings is 1. The van der Waals surface area contributed by atoms with Gasteiger partial charge in [0, 0.05) is 26.2 Å². The lowest BCUT2D eigenvalue weighted by molar-refractivity contribution is 0.176. The molecule has 1 aromatic carbocycles. The van der Waals surface area contributed by atoms with Gasteiger partial charge in [-0.15, -0.1) is 0 Å². The molecular weight excluding hydrogens is 300 g/mol. The Kier molecular flexibility index (Phi) is 7.53. The fourth-order valence-corrected chi connectivity index (χ4v) is 3.30. The maximum absolute atomic E-state index is 5.98. The normalized spacial score (nSPS) is 20.8. The summed E-state index contributed by atoms with van der Waals surface area (Å²) in [4.78, 5) is 7.05. The molecule has 0 bridgehead atoms. The molecule has 2 unspecified atom stereocenters. The minimum absolute atomic E-state index is 0.156. The Bertz CT molecular complexity index is 532. The van der Waals surface area contributed by atoms with Crippen LogP contribution in [0.3, 0.4) is 0 Å². The molecular formula is C19H32N4O. The molecule has 2 rings (SSSR count). The Hall–Kier alpha value is -1.59. The number of benzene rings is 1. The summed E-state index contributed by atoms with van der Waals surface area (Å²) < 4.78 is 5.10. The van der Waals surface area contributed by atoms with Crippen molar-refractivity contribution in [3.05, 3.63) is 35.4 Å². The van der Waals surface area contributed by atoms with Gasteiger partial charge >= 0.3 is 0 Å². The molecule has 0 aliphatic carbocycles. The fraction of sp³-hybridized carbons (Fsp3) is 0.632. The molecule has 0 saturated carbocycles. The zero-order valence-corrected chi connectivity index (χ0v) is 15.3. The van der Waals surface area contributed by atoms with E-state index in [1.807, 2.05) is 6.92 Å². The molecule has 3 N–H and O–H groups in total. The lowest BCUT2D eigenvalue weighted by atomic mass is 9.99. The van der Waals surface area contributed by atoms with Crippen LogP contribution in [0.2, 0.25) is 0 Å². The zero-order chi connectivity index (χ0) is 17.4. The van der Waals surface area contributed by atoms with Gasteiger partial charge in [0.1, 0.15) is 0 Å². The Morgan fingerprint density at radius 3 is 2.88 bits per heavy atom. The van der Waals surface area contributed by atoms with Gasteiger partial charge in [0.2, 0.25) is 0 Å². The van der Waals surface area contributed by atoms with Crippen LogP contribution in [0.25, 0.3) is 0 Å². The van der Waals surface area contributed by atoms with E-state index in [1.165, 1.54) is 37.1 Å². The molecule has 0 radical (unpaired) electrons. The first-order valence-electron chi connectivity index (χ1n) is 8.93. The van der Waals surface area contributed by atoms with Gasteiger partial charge in [-0.2, -0.15) is 0 Å². The summed E-state index contributed by atoms with van der Waals surface area (Å²) in [6.45, 7) is 8.98. The number of ether oxygens (including phenoxy) is 1. The van der Waals surface area contributed by atoms with Crippen LogP contribution in [0.4, 0.5) is 0 Å². The molecule has 1 fully saturated rings. The van der Waals surface area contributed by atoms with E-state index < -0.39 is 0 Å². The molecule has 2 atom stereocenters. The van der Waals surface area contributed by atoms with Crippen LogP contribution in [0.15, 0.2) is 29.3 Å². The highest BCUT2D eigenvalue weighted by Gasteiger charge is 2.17. The Labute approximate surface area is 146 Å². The second-order valence-corrected chi connectivity index (χ2v) is 6.95. The van der Waals surface area contributed by atoms with E-state index in [0.717, 1.165) is 12.5 Å². The predicted molar refractivity (Wildman–Crippen MR) is 99.9 cm³/mol. The SMILES string of the molecule is COCC(C)NC(N)=NCc1ccccc1CN1CCCC(C)C1. The van der Waals surface area contributed by atoms with Crippen LogP contribution in [0, 0.1) is 5.92 Å². The highest BCUT2D eigenvalue weighted by Crippen LogP contribution is 2.19. The van der Waals surface area contributed by atoms with Gasteiger partial charge in [0.25, 0.3) is 0 Å². The van der Waals surface area contributed by atoms with E-state index in [9.17, 15) is 0 Å².